The van der Waals surface area contributed by atoms with Gasteiger partial charge in [0.25, 0.3) is 0 Å². The zero-order valence-corrected chi connectivity index (χ0v) is 9.28. The molecule has 0 spiro atoms. The number of halogens is 3. The highest BCUT2D eigenvalue weighted by atomic mass is 19.2. The van der Waals surface area contributed by atoms with E-state index in [9.17, 15) is 18.0 Å². The quantitative estimate of drug-likeness (QED) is 0.662. The molecule has 0 aliphatic heterocycles. The van der Waals surface area contributed by atoms with Gasteiger partial charge in [0.15, 0.2) is 17.4 Å². The van der Waals surface area contributed by atoms with Crippen LogP contribution in [0.5, 0.6) is 5.75 Å². The molecule has 0 saturated heterocycles. The zero-order valence-electron chi connectivity index (χ0n) is 9.28. The Bertz CT molecular complexity index is 656. The van der Waals surface area contributed by atoms with Crippen LogP contribution in [0.4, 0.5) is 13.2 Å². The van der Waals surface area contributed by atoms with Crippen LogP contribution in [0.15, 0.2) is 10.6 Å². The third-order valence-electron chi connectivity index (χ3n) is 2.16. The van der Waals surface area contributed by atoms with Gasteiger partial charge in [0.1, 0.15) is 0 Å². The van der Waals surface area contributed by atoms with Crippen LogP contribution in [-0.4, -0.2) is 28.3 Å². The van der Waals surface area contributed by atoms with E-state index in [0.29, 0.717) is 6.07 Å². The minimum absolute atomic E-state index is 0.427. The summed E-state index contributed by atoms with van der Waals surface area (Å²) < 4.78 is 48.2. The van der Waals surface area contributed by atoms with E-state index in [0.717, 1.165) is 7.11 Å². The molecule has 1 heterocycles. The molecule has 1 aromatic heterocycles. The highest BCUT2D eigenvalue weighted by Crippen LogP contribution is 2.31. The number of aromatic nitrogens is 2. The van der Waals surface area contributed by atoms with Gasteiger partial charge in [-0.05, 0) is 6.07 Å². The van der Waals surface area contributed by atoms with Crippen molar-refractivity contribution in [1.29, 1.82) is 0 Å². The number of methoxy groups -OCH3 is 1. The molecule has 9 heteroatoms. The molecule has 100 valence electrons. The van der Waals surface area contributed by atoms with E-state index in [2.05, 4.69) is 19.4 Å². The first-order valence-corrected chi connectivity index (χ1v) is 4.74. The second-order valence-corrected chi connectivity index (χ2v) is 3.30. The first-order valence-electron chi connectivity index (χ1n) is 4.74. The molecule has 0 atom stereocenters. The molecule has 0 aliphatic rings. The molecule has 0 amide bonds. The van der Waals surface area contributed by atoms with Gasteiger partial charge in [0.2, 0.25) is 11.6 Å². The molecule has 2 rings (SSSR count). The number of hydrogen-bond donors (Lipinski definition) is 1. The molecule has 6 nitrogen and oxygen atoms in total. The van der Waals surface area contributed by atoms with Gasteiger partial charge in [0.05, 0.1) is 12.7 Å². The molecule has 2 aromatic rings. The van der Waals surface area contributed by atoms with Gasteiger partial charge in [0, 0.05) is 0 Å². The molecule has 1 N–H and O–H groups in total. The smallest absolute Gasteiger partial charge is 0.397 e. The second-order valence-electron chi connectivity index (χ2n) is 3.30. The van der Waals surface area contributed by atoms with Crippen molar-refractivity contribution >= 4 is 5.97 Å². The number of benzene rings is 1. The van der Waals surface area contributed by atoms with Crippen molar-refractivity contribution in [3.63, 3.8) is 0 Å². The van der Waals surface area contributed by atoms with Crippen molar-refractivity contribution < 1.29 is 32.3 Å². The Labute approximate surface area is 103 Å². The average Bonchev–Trinajstić information content (AvgIpc) is 2.89. The van der Waals surface area contributed by atoms with Crippen molar-refractivity contribution in [3.8, 4) is 17.1 Å². The van der Waals surface area contributed by atoms with Gasteiger partial charge in [-0.2, -0.15) is 9.37 Å². The van der Waals surface area contributed by atoms with E-state index < -0.39 is 46.4 Å². The average molecular weight is 274 g/mol. The monoisotopic (exact) mass is 274 g/mol. The van der Waals surface area contributed by atoms with E-state index in [1.54, 1.807) is 0 Å². The number of nitrogens with zero attached hydrogens (tertiary/aromatic N) is 2. The normalized spacial score (nSPS) is 10.5. The van der Waals surface area contributed by atoms with E-state index in [1.807, 2.05) is 0 Å². The lowest BCUT2D eigenvalue weighted by atomic mass is 10.1. The van der Waals surface area contributed by atoms with Crippen LogP contribution >= 0.6 is 0 Å². The largest absolute Gasteiger partial charge is 0.503 e. The van der Waals surface area contributed by atoms with Crippen molar-refractivity contribution in [2.75, 3.05) is 7.11 Å². The Morgan fingerprint density at radius 3 is 2.68 bits per heavy atom. The lowest BCUT2D eigenvalue weighted by molar-refractivity contribution is 0.0545. The van der Waals surface area contributed by atoms with Crippen LogP contribution in [0, 0.1) is 17.5 Å². The highest BCUT2D eigenvalue weighted by molar-refractivity contribution is 5.84. The molecule has 0 bridgehead atoms. The van der Waals surface area contributed by atoms with Gasteiger partial charge in [-0.25, -0.2) is 13.6 Å². The van der Waals surface area contributed by atoms with Crippen LogP contribution in [0.25, 0.3) is 11.4 Å². The van der Waals surface area contributed by atoms with Crippen LogP contribution in [0.3, 0.4) is 0 Å². The van der Waals surface area contributed by atoms with E-state index in [1.165, 1.54) is 0 Å². The Balaban J connectivity index is 2.54. The summed E-state index contributed by atoms with van der Waals surface area (Å²) in [6.07, 6.45) is 0. The van der Waals surface area contributed by atoms with Crippen LogP contribution in [0.2, 0.25) is 0 Å². The van der Waals surface area contributed by atoms with Gasteiger partial charge in [-0.15, -0.1) is 0 Å². The van der Waals surface area contributed by atoms with E-state index in [-0.39, 0.29) is 0 Å². The fraction of sp³-hybridized carbons (Fsp3) is 0.100. The Morgan fingerprint density at radius 1 is 1.37 bits per heavy atom. The fourth-order valence-corrected chi connectivity index (χ4v) is 1.26. The highest BCUT2D eigenvalue weighted by Gasteiger charge is 2.24. The van der Waals surface area contributed by atoms with Crippen LogP contribution in [0.1, 0.15) is 10.7 Å². The summed E-state index contributed by atoms with van der Waals surface area (Å²) in [7, 11) is 1.05. The van der Waals surface area contributed by atoms with E-state index >= 15 is 0 Å². The summed E-state index contributed by atoms with van der Waals surface area (Å²) in [4.78, 5) is 14.5. The predicted octanol–water partition coefficient (Wildman–Crippen LogP) is 1.65. The van der Waals surface area contributed by atoms with Crippen LogP contribution in [-0.2, 0) is 4.74 Å². The third-order valence-corrected chi connectivity index (χ3v) is 2.16. The van der Waals surface area contributed by atoms with Crippen molar-refractivity contribution in [2.45, 2.75) is 0 Å². The number of rotatable bonds is 2. The lowest BCUT2D eigenvalue weighted by Crippen LogP contribution is -2.01. The lowest BCUT2D eigenvalue weighted by Gasteiger charge is -2.02. The minimum atomic E-state index is -1.74. The minimum Gasteiger partial charge on any atom is -0.503 e. The third kappa shape index (κ3) is 2.09. The molecular weight excluding hydrogens is 269 g/mol. The molecule has 1 aromatic carbocycles. The summed E-state index contributed by atoms with van der Waals surface area (Å²) >= 11 is 0. The molecule has 19 heavy (non-hydrogen) atoms. The standard InChI is InChI=1S/C10H5F3N2O4/c1-18-10(17)9-14-8(15-19-9)3-2-4(11)6(13)7(16)5(3)12/h2,16H,1H3. The summed E-state index contributed by atoms with van der Waals surface area (Å²) in [5, 5.41) is 12.2. The van der Waals surface area contributed by atoms with Crippen molar-refractivity contribution in [1.82, 2.24) is 10.1 Å². The molecule has 0 radical (unpaired) electrons. The maximum absolute atomic E-state index is 13.5. The fourth-order valence-electron chi connectivity index (χ4n) is 1.26. The number of phenols is 1. The SMILES string of the molecule is COC(=O)c1nc(-c2cc(F)c(F)c(O)c2F)no1. The first-order chi connectivity index (χ1) is 8.95. The summed E-state index contributed by atoms with van der Waals surface area (Å²) in [6.45, 7) is 0. The Hall–Kier alpha value is -2.58. The van der Waals surface area contributed by atoms with Gasteiger partial charge >= 0.3 is 11.9 Å². The molecule has 0 fully saturated rings. The van der Waals surface area contributed by atoms with Crippen molar-refractivity contribution in [3.05, 3.63) is 29.4 Å². The molecule has 0 unspecified atom stereocenters. The number of carbonyl (C=O) groups excluding carboxylic acids is 1. The topological polar surface area (TPSA) is 85.5 Å². The first kappa shape index (κ1) is 12.9. The number of ether oxygens (including phenoxy) is 1. The number of aromatic hydroxyl groups is 1. The number of carbonyl (C=O) groups is 1. The zero-order chi connectivity index (χ0) is 14.2. The molecule has 0 aliphatic carbocycles. The maximum Gasteiger partial charge on any atom is 0.397 e. The van der Waals surface area contributed by atoms with Crippen LogP contribution < -0.4 is 0 Å². The second kappa shape index (κ2) is 4.59. The predicted molar refractivity (Wildman–Crippen MR) is 52.6 cm³/mol. The number of esters is 1. The Morgan fingerprint density at radius 2 is 2.05 bits per heavy atom. The Kier molecular flexibility index (Phi) is 3.11. The summed E-state index contributed by atoms with van der Waals surface area (Å²) in [5.74, 6) is -8.34. The van der Waals surface area contributed by atoms with E-state index in [4.69, 9.17) is 5.11 Å². The molecule has 0 saturated carbocycles. The van der Waals surface area contributed by atoms with Crippen molar-refractivity contribution in [2.24, 2.45) is 0 Å². The summed E-state index contributed by atoms with van der Waals surface area (Å²) in [5.41, 5.74) is -0.657. The van der Waals surface area contributed by atoms with Gasteiger partial charge in [-0.3, -0.25) is 0 Å². The van der Waals surface area contributed by atoms with Gasteiger partial charge in [-0.1, -0.05) is 5.16 Å². The number of hydrogen-bond acceptors (Lipinski definition) is 6. The molecular formula is C10H5F3N2O4. The van der Waals surface area contributed by atoms with Gasteiger partial charge < -0.3 is 14.4 Å². The number of phenolic OH excluding ortho intramolecular Hbond substituents is 1. The maximum atomic E-state index is 13.5. The summed E-state index contributed by atoms with van der Waals surface area (Å²) in [6, 6.07) is 0.427.